The van der Waals surface area contributed by atoms with Crippen molar-refractivity contribution in [2.24, 2.45) is 5.92 Å². The van der Waals surface area contributed by atoms with Crippen LogP contribution in [0.2, 0.25) is 0 Å². The van der Waals surface area contributed by atoms with Crippen LogP contribution in [0.25, 0.3) is 0 Å². The molecule has 7 heteroatoms. The molecule has 1 aliphatic carbocycles. The lowest BCUT2D eigenvalue weighted by molar-refractivity contribution is -0.141. The van der Waals surface area contributed by atoms with Gasteiger partial charge in [-0.2, -0.15) is 0 Å². The van der Waals surface area contributed by atoms with Gasteiger partial charge in [0.25, 0.3) is 0 Å². The van der Waals surface area contributed by atoms with Crippen LogP contribution < -0.4 is 4.72 Å². The van der Waals surface area contributed by atoms with E-state index in [-0.39, 0.29) is 18.4 Å². The van der Waals surface area contributed by atoms with E-state index in [1.165, 1.54) is 7.11 Å². The second-order valence-corrected chi connectivity index (χ2v) is 5.85. The second kappa shape index (κ2) is 5.60. The van der Waals surface area contributed by atoms with Crippen molar-refractivity contribution in [2.45, 2.75) is 25.3 Å². The predicted octanol–water partition coefficient (Wildman–Crippen LogP) is -0.194. The third kappa shape index (κ3) is 4.07. The Morgan fingerprint density at radius 2 is 2.19 bits per heavy atom. The fourth-order valence-corrected chi connectivity index (χ4v) is 3.04. The van der Waals surface area contributed by atoms with Crippen LogP contribution in [0.4, 0.5) is 0 Å². The first-order valence-electron chi connectivity index (χ1n) is 5.16. The highest BCUT2D eigenvalue weighted by Crippen LogP contribution is 2.26. The number of carboxylic acid groups (broad SMARTS) is 1. The van der Waals surface area contributed by atoms with Crippen molar-refractivity contribution in [1.82, 2.24) is 4.72 Å². The van der Waals surface area contributed by atoms with Crippen molar-refractivity contribution < 1.29 is 23.1 Å². The molecule has 1 aliphatic rings. The molecule has 0 aliphatic heterocycles. The molecule has 1 rings (SSSR count). The number of hydrogen-bond acceptors (Lipinski definition) is 4. The molecular weight excluding hydrogens is 234 g/mol. The van der Waals surface area contributed by atoms with E-state index in [0.717, 1.165) is 0 Å². The standard InChI is InChI=1S/C9H17NO5S/c1-15-4-5-16(13,14)10-8-3-2-7(6-8)9(11)12/h7-8,10H,2-6H2,1H3,(H,11,12). The molecule has 0 radical (unpaired) electrons. The van der Waals surface area contributed by atoms with Gasteiger partial charge in [-0.15, -0.1) is 0 Å². The van der Waals surface area contributed by atoms with Gasteiger partial charge >= 0.3 is 5.97 Å². The minimum Gasteiger partial charge on any atom is -0.481 e. The van der Waals surface area contributed by atoms with Crippen molar-refractivity contribution in [3.8, 4) is 0 Å². The van der Waals surface area contributed by atoms with E-state index in [2.05, 4.69) is 9.46 Å². The molecule has 0 aromatic heterocycles. The molecule has 0 amide bonds. The number of carbonyl (C=O) groups is 1. The Labute approximate surface area is 95.0 Å². The fraction of sp³-hybridized carbons (Fsp3) is 0.889. The molecule has 0 saturated heterocycles. The van der Waals surface area contributed by atoms with E-state index in [1.807, 2.05) is 0 Å². The van der Waals surface area contributed by atoms with E-state index in [0.29, 0.717) is 19.3 Å². The summed E-state index contributed by atoms with van der Waals surface area (Å²) >= 11 is 0. The van der Waals surface area contributed by atoms with E-state index in [4.69, 9.17) is 5.11 Å². The number of carboxylic acids is 1. The SMILES string of the molecule is COCCS(=O)(=O)NC1CCC(C(=O)O)C1. The van der Waals surface area contributed by atoms with Gasteiger partial charge in [-0.1, -0.05) is 0 Å². The zero-order chi connectivity index (χ0) is 12.2. The number of hydrogen-bond donors (Lipinski definition) is 2. The van der Waals surface area contributed by atoms with Crippen LogP contribution in [-0.2, 0) is 19.6 Å². The van der Waals surface area contributed by atoms with Crippen LogP contribution in [0.5, 0.6) is 0 Å². The molecule has 1 fully saturated rings. The summed E-state index contributed by atoms with van der Waals surface area (Å²) < 4.78 is 30.2. The van der Waals surface area contributed by atoms with Gasteiger partial charge in [0, 0.05) is 13.2 Å². The van der Waals surface area contributed by atoms with Crippen LogP contribution in [0.1, 0.15) is 19.3 Å². The molecule has 2 unspecified atom stereocenters. The van der Waals surface area contributed by atoms with Crippen molar-refractivity contribution in [2.75, 3.05) is 19.5 Å². The van der Waals surface area contributed by atoms with Gasteiger partial charge < -0.3 is 9.84 Å². The Balaban J connectivity index is 2.41. The number of nitrogens with one attached hydrogen (secondary N) is 1. The second-order valence-electron chi connectivity index (χ2n) is 3.97. The predicted molar refractivity (Wildman–Crippen MR) is 57.6 cm³/mol. The minimum absolute atomic E-state index is 0.0856. The van der Waals surface area contributed by atoms with E-state index < -0.39 is 21.9 Å². The molecule has 0 heterocycles. The molecule has 2 N–H and O–H groups in total. The van der Waals surface area contributed by atoms with Crippen LogP contribution in [0.15, 0.2) is 0 Å². The first-order chi connectivity index (χ1) is 7.44. The van der Waals surface area contributed by atoms with Gasteiger partial charge in [-0.3, -0.25) is 4.79 Å². The molecule has 16 heavy (non-hydrogen) atoms. The van der Waals surface area contributed by atoms with Gasteiger partial charge in [0.15, 0.2) is 0 Å². The molecule has 6 nitrogen and oxygen atoms in total. The molecule has 0 bridgehead atoms. The molecule has 0 aromatic rings. The number of methoxy groups -OCH3 is 1. The smallest absolute Gasteiger partial charge is 0.306 e. The molecule has 94 valence electrons. The van der Waals surface area contributed by atoms with Crippen molar-refractivity contribution in [1.29, 1.82) is 0 Å². The van der Waals surface area contributed by atoms with Crippen molar-refractivity contribution >= 4 is 16.0 Å². The Bertz CT molecular complexity index is 340. The summed E-state index contributed by atoms with van der Waals surface area (Å²) in [5, 5.41) is 8.77. The highest BCUT2D eigenvalue weighted by Gasteiger charge is 2.31. The van der Waals surface area contributed by atoms with Crippen LogP contribution in [-0.4, -0.2) is 45.0 Å². The summed E-state index contributed by atoms with van der Waals surface area (Å²) in [6, 6.07) is -0.247. The maximum absolute atomic E-state index is 11.5. The number of aliphatic carboxylic acids is 1. The number of sulfonamides is 1. The maximum atomic E-state index is 11.5. The highest BCUT2D eigenvalue weighted by molar-refractivity contribution is 7.89. The molecule has 2 atom stereocenters. The Hall–Kier alpha value is -0.660. The van der Waals surface area contributed by atoms with E-state index in [9.17, 15) is 13.2 Å². The average Bonchev–Trinajstić information content (AvgIpc) is 2.62. The zero-order valence-corrected chi connectivity index (χ0v) is 10.00. The normalized spacial score (nSPS) is 25.8. The van der Waals surface area contributed by atoms with Gasteiger partial charge in [0.2, 0.25) is 10.0 Å². The lowest BCUT2D eigenvalue weighted by atomic mass is 10.1. The average molecular weight is 251 g/mol. The quantitative estimate of drug-likeness (QED) is 0.682. The summed E-state index contributed by atoms with van der Waals surface area (Å²) in [7, 11) is -1.91. The van der Waals surface area contributed by atoms with Crippen molar-refractivity contribution in [3.63, 3.8) is 0 Å². The van der Waals surface area contributed by atoms with Crippen LogP contribution in [0, 0.1) is 5.92 Å². The van der Waals surface area contributed by atoms with Crippen LogP contribution in [0.3, 0.4) is 0 Å². The Morgan fingerprint density at radius 3 is 2.69 bits per heavy atom. The topological polar surface area (TPSA) is 92.7 Å². The monoisotopic (exact) mass is 251 g/mol. The van der Waals surface area contributed by atoms with Crippen LogP contribution >= 0.6 is 0 Å². The summed E-state index contributed by atoms with van der Waals surface area (Å²) in [4.78, 5) is 10.7. The number of rotatable bonds is 6. The highest BCUT2D eigenvalue weighted by atomic mass is 32.2. The summed E-state index contributed by atoms with van der Waals surface area (Å²) in [6.07, 6.45) is 1.50. The van der Waals surface area contributed by atoms with Gasteiger partial charge in [0.1, 0.15) is 0 Å². The largest absolute Gasteiger partial charge is 0.481 e. The van der Waals surface area contributed by atoms with Gasteiger partial charge in [-0.05, 0) is 19.3 Å². The first kappa shape index (κ1) is 13.4. The zero-order valence-electron chi connectivity index (χ0n) is 9.18. The maximum Gasteiger partial charge on any atom is 0.306 e. The van der Waals surface area contributed by atoms with Gasteiger partial charge in [0.05, 0.1) is 18.3 Å². The molecule has 0 aromatic carbocycles. The lowest BCUT2D eigenvalue weighted by Crippen LogP contribution is -2.36. The summed E-state index contributed by atoms with van der Waals surface area (Å²) in [5.41, 5.74) is 0. The summed E-state index contributed by atoms with van der Waals surface area (Å²) in [5.74, 6) is -1.36. The van der Waals surface area contributed by atoms with E-state index >= 15 is 0 Å². The fourth-order valence-electron chi connectivity index (χ4n) is 1.82. The van der Waals surface area contributed by atoms with Gasteiger partial charge in [-0.25, -0.2) is 13.1 Å². The third-order valence-corrected chi connectivity index (χ3v) is 4.08. The number of ether oxygens (including phenoxy) is 1. The first-order valence-corrected chi connectivity index (χ1v) is 6.81. The summed E-state index contributed by atoms with van der Waals surface area (Å²) in [6.45, 7) is 0.143. The van der Waals surface area contributed by atoms with E-state index in [1.54, 1.807) is 0 Å². The Morgan fingerprint density at radius 1 is 1.50 bits per heavy atom. The third-order valence-electron chi connectivity index (χ3n) is 2.68. The lowest BCUT2D eigenvalue weighted by Gasteiger charge is -2.12. The molecule has 0 spiro atoms. The Kier molecular flexibility index (Phi) is 4.69. The minimum atomic E-state index is -3.34. The molecule has 1 saturated carbocycles. The van der Waals surface area contributed by atoms with Crippen molar-refractivity contribution in [3.05, 3.63) is 0 Å². The molecular formula is C9H17NO5S.